The average Bonchev–Trinajstić information content (AvgIpc) is 3.53. The van der Waals surface area contributed by atoms with E-state index in [1.165, 1.54) is 25.6 Å². The zero-order valence-corrected chi connectivity index (χ0v) is 14.4. The molecule has 6 heteroatoms. The second-order valence-electron chi connectivity index (χ2n) is 6.59. The first-order chi connectivity index (χ1) is 12.2. The monoisotopic (exact) mass is 338 g/mol. The van der Waals surface area contributed by atoms with Crippen LogP contribution >= 0.6 is 0 Å². The molecule has 2 fully saturated rings. The number of esters is 1. The lowest BCUT2D eigenvalue weighted by atomic mass is 10.2. The van der Waals surface area contributed by atoms with Crippen LogP contribution in [0.5, 0.6) is 0 Å². The number of benzene rings is 1. The molecule has 0 spiro atoms. The van der Waals surface area contributed by atoms with Crippen LogP contribution in [0.3, 0.4) is 0 Å². The van der Waals surface area contributed by atoms with Crippen LogP contribution in [0.15, 0.2) is 36.7 Å². The summed E-state index contributed by atoms with van der Waals surface area (Å²) in [4.78, 5) is 25.0. The highest BCUT2D eigenvalue weighted by molar-refractivity contribution is 5.89. The van der Waals surface area contributed by atoms with E-state index >= 15 is 0 Å². The van der Waals surface area contributed by atoms with E-state index in [2.05, 4.69) is 25.8 Å². The normalized spacial score (nSPS) is 17.5. The van der Waals surface area contributed by atoms with E-state index in [1.807, 2.05) is 24.3 Å². The van der Waals surface area contributed by atoms with Crippen LogP contribution in [0.1, 0.15) is 34.8 Å². The number of ether oxygens (including phenoxy) is 1. The Kier molecular flexibility index (Phi) is 4.26. The van der Waals surface area contributed by atoms with Gasteiger partial charge in [0.15, 0.2) is 0 Å². The number of methoxy groups -OCH3 is 1. The molecule has 0 radical (unpaired) electrons. The molecule has 1 saturated heterocycles. The summed E-state index contributed by atoms with van der Waals surface area (Å²) in [5.74, 6) is 1.39. The van der Waals surface area contributed by atoms with Gasteiger partial charge >= 0.3 is 5.97 Å². The quantitative estimate of drug-likeness (QED) is 0.798. The van der Waals surface area contributed by atoms with Gasteiger partial charge in [0.1, 0.15) is 12.1 Å². The van der Waals surface area contributed by atoms with Gasteiger partial charge in [0, 0.05) is 49.5 Å². The Morgan fingerprint density at radius 1 is 1.04 bits per heavy atom. The fourth-order valence-electron chi connectivity index (χ4n) is 3.26. The maximum absolute atomic E-state index is 11.5. The fraction of sp³-hybridized carbons (Fsp3) is 0.421. The molecule has 4 rings (SSSR count). The van der Waals surface area contributed by atoms with Crippen LogP contribution in [0.4, 0.5) is 11.5 Å². The van der Waals surface area contributed by atoms with Crippen LogP contribution in [-0.4, -0.2) is 49.2 Å². The van der Waals surface area contributed by atoms with E-state index in [0.717, 1.165) is 37.7 Å². The maximum atomic E-state index is 11.5. The molecule has 1 aromatic carbocycles. The number of carbonyl (C=O) groups excluding carboxylic acids is 1. The number of nitrogens with zero attached hydrogens (tertiary/aromatic N) is 4. The highest BCUT2D eigenvalue weighted by atomic mass is 16.5. The molecule has 0 bridgehead atoms. The first-order valence-corrected chi connectivity index (χ1v) is 8.75. The van der Waals surface area contributed by atoms with E-state index in [0.29, 0.717) is 11.5 Å². The highest BCUT2D eigenvalue weighted by Gasteiger charge is 2.26. The molecular weight excluding hydrogens is 316 g/mol. The SMILES string of the molecule is COC(=O)c1ccc(N2CCN(c3cc(C4CC4)ncn3)CC2)cc1. The Bertz CT molecular complexity index is 750. The molecule has 1 saturated carbocycles. The number of hydrogen-bond donors (Lipinski definition) is 0. The third-order valence-electron chi connectivity index (χ3n) is 4.93. The van der Waals surface area contributed by atoms with Crippen molar-refractivity contribution in [1.29, 1.82) is 0 Å². The summed E-state index contributed by atoms with van der Waals surface area (Å²) >= 11 is 0. The number of aromatic nitrogens is 2. The molecule has 0 amide bonds. The van der Waals surface area contributed by atoms with Gasteiger partial charge in [0.2, 0.25) is 0 Å². The molecule has 2 heterocycles. The van der Waals surface area contributed by atoms with Crippen molar-refractivity contribution in [2.45, 2.75) is 18.8 Å². The number of rotatable bonds is 4. The van der Waals surface area contributed by atoms with Crippen molar-refractivity contribution in [3.05, 3.63) is 47.9 Å². The van der Waals surface area contributed by atoms with Crippen LogP contribution in [0, 0.1) is 0 Å². The van der Waals surface area contributed by atoms with Gasteiger partial charge in [-0.3, -0.25) is 0 Å². The predicted octanol–water partition coefficient (Wildman–Crippen LogP) is 2.47. The Hall–Kier alpha value is -2.63. The lowest BCUT2D eigenvalue weighted by Crippen LogP contribution is -2.46. The molecule has 0 unspecified atom stereocenters. The average molecular weight is 338 g/mol. The molecule has 25 heavy (non-hydrogen) atoms. The van der Waals surface area contributed by atoms with Crippen molar-refractivity contribution >= 4 is 17.5 Å². The molecular formula is C19H22N4O2. The molecule has 130 valence electrons. The van der Waals surface area contributed by atoms with Gasteiger partial charge in [0.25, 0.3) is 0 Å². The summed E-state index contributed by atoms with van der Waals surface area (Å²) in [6.45, 7) is 3.72. The van der Waals surface area contributed by atoms with Gasteiger partial charge in [-0.15, -0.1) is 0 Å². The van der Waals surface area contributed by atoms with Crippen LogP contribution in [0.2, 0.25) is 0 Å². The lowest BCUT2D eigenvalue weighted by molar-refractivity contribution is 0.0601. The molecule has 2 aromatic rings. The molecule has 1 aliphatic heterocycles. The minimum Gasteiger partial charge on any atom is -0.465 e. The summed E-state index contributed by atoms with van der Waals surface area (Å²) in [6.07, 6.45) is 4.21. The Balaban J connectivity index is 1.39. The smallest absolute Gasteiger partial charge is 0.337 e. The highest BCUT2D eigenvalue weighted by Crippen LogP contribution is 2.39. The van der Waals surface area contributed by atoms with Gasteiger partial charge in [-0.2, -0.15) is 0 Å². The van der Waals surface area contributed by atoms with Crippen LogP contribution in [-0.2, 0) is 4.74 Å². The zero-order chi connectivity index (χ0) is 17.2. The van der Waals surface area contributed by atoms with Gasteiger partial charge in [-0.05, 0) is 37.1 Å². The minimum atomic E-state index is -0.299. The molecule has 6 nitrogen and oxygen atoms in total. The zero-order valence-electron chi connectivity index (χ0n) is 14.4. The standard InChI is InChI=1S/C19H22N4O2/c1-25-19(24)15-4-6-16(7-5-15)22-8-10-23(11-9-22)18-12-17(14-2-3-14)20-13-21-18/h4-7,12-14H,2-3,8-11H2,1H3. The van der Waals surface area contributed by atoms with Crippen molar-refractivity contribution in [3.63, 3.8) is 0 Å². The summed E-state index contributed by atoms with van der Waals surface area (Å²) in [7, 11) is 1.40. The van der Waals surface area contributed by atoms with E-state index in [1.54, 1.807) is 6.33 Å². The van der Waals surface area contributed by atoms with Crippen molar-refractivity contribution < 1.29 is 9.53 Å². The molecule has 1 aliphatic carbocycles. The second-order valence-corrected chi connectivity index (χ2v) is 6.59. The summed E-state index contributed by atoms with van der Waals surface area (Å²) in [5.41, 5.74) is 2.90. The molecule has 0 atom stereocenters. The molecule has 2 aliphatic rings. The topological polar surface area (TPSA) is 58.6 Å². The van der Waals surface area contributed by atoms with Gasteiger partial charge < -0.3 is 14.5 Å². The largest absolute Gasteiger partial charge is 0.465 e. The van der Waals surface area contributed by atoms with Gasteiger partial charge in [-0.25, -0.2) is 14.8 Å². The Labute approximate surface area is 147 Å². The molecule has 0 N–H and O–H groups in total. The van der Waals surface area contributed by atoms with E-state index in [9.17, 15) is 4.79 Å². The third-order valence-corrected chi connectivity index (χ3v) is 4.93. The Morgan fingerprint density at radius 2 is 1.72 bits per heavy atom. The number of piperazine rings is 1. The predicted molar refractivity (Wildman–Crippen MR) is 96.2 cm³/mol. The van der Waals surface area contributed by atoms with E-state index in [4.69, 9.17) is 4.74 Å². The number of carbonyl (C=O) groups is 1. The second kappa shape index (κ2) is 6.70. The first kappa shape index (κ1) is 15.9. The first-order valence-electron chi connectivity index (χ1n) is 8.75. The van der Waals surface area contributed by atoms with Gasteiger partial charge in [-0.1, -0.05) is 0 Å². The van der Waals surface area contributed by atoms with Crippen molar-refractivity contribution in [1.82, 2.24) is 9.97 Å². The van der Waals surface area contributed by atoms with Gasteiger partial charge in [0.05, 0.1) is 12.7 Å². The maximum Gasteiger partial charge on any atom is 0.337 e. The van der Waals surface area contributed by atoms with E-state index in [-0.39, 0.29) is 5.97 Å². The summed E-state index contributed by atoms with van der Waals surface area (Å²) < 4.78 is 4.74. The summed E-state index contributed by atoms with van der Waals surface area (Å²) in [6, 6.07) is 9.76. The number of hydrogen-bond acceptors (Lipinski definition) is 6. The van der Waals surface area contributed by atoms with Crippen LogP contribution < -0.4 is 9.80 Å². The van der Waals surface area contributed by atoms with Crippen molar-refractivity contribution in [2.24, 2.45) is 0 Å². The van der Waals surface area contributed by atoms with Crippen molar-refractivity contribution in [2.75, 3.05) is 43.1 Å². The summed E-state index contributed by atoms with van der Waals surface area (Å²) in [5, 5.41) is 0. The lowest BCUT2D eigenvalue weighted by Gasteiger charge is -2.36. The fourth-order valence-corrected chi connectivity index (χ4v) is 3.26. The Morgan fingerprint density at radius 3 is 2.36 bits per heavy atom. The van der Waals surface area contributed by atoms with E-state index < -0.39 is 0 Å². The molecule has 1 aromatic heterocycles. The number of anilines is 2. The third kappa shape index (κ3) is 3.43. The van der Waals surface area contributed by atoms with Crippen LogP contribution in [0.25, 0.3) is 0 Å². The van der Waals surface area contributed by atoms with Crippen molar-refractivity contribution in [3.8, 4) is 0 Å². The minimum absolute atomic E-state index is 0.299.